The molecule has 0 aliphatic carbocycles. The fraction of sp³-hybridized carbons (Fsp3) is 0.400. The van der Waals surface area contributed by atoms with Crippen LogP contribution in [0.1, 0.15) is 30.7 Å². The fourth-order valence-electron chi connectivity index (χ4n) is 2.05. The summed E-state index contributed by atoms with van der Waals surface area (Å²) in [5.41, 5.74) is 3.65. The number of anilines is 1. The van der Waals surface area contributed by atoms with Crippen molar-refractivity contribution in [3.05, 3.63) is 47.3 Å². The number of hydrogen-bond acceptors (Lipinski definition) is 2. The molecular weight excluding hydrogens is 222 g/mol. The van der Waals surface area contributed by atoms with Gasteiger partial charge in [0.25, 0.3) is 0 Å². The molecule has 0 bridgehead atoms. The lowest BCUT2D eigenvalue weighted by Gasteiger charge is -2.12. The number of nitrogens with one attached hydrogen (secondary N) is 1. The molecule has 0 fully saturated rings. The molecule has 1 heterocycles. The van der Waals surface area contributed by atoms with Crippen molar-refractivity contribution >= 4 is 5.95 Å². The lowest BCUT2D eigenvalue weighted by Crippen LogP contribution is -2.15. The molecule has 0 atom stereocenters. The van der Waals surface area contributed by atoms with E-state index in [1.807, 2.05) is 6.92 Å². The van der Waals surface area contributed by atoms with Crippen LogP contribution in [0.25, 0.3) is 0 Å². The van der Waals surface area contributed by atoms with Gasteiger partial charge in [-0.25, -0.2) is 4.98 Å². The first kappa shape index (κ1) is 12.7. The number of hydrogen-bond donors (Lipinski definition) is 1. The van der Waals surface area contributed by atoms with E-state index >= 15 is 0 Å². The van der Waals surface area contributed by atoms with Crippen LogP contribution in [0.4, 0.5) is 5.95 Å². The molecule has 96 valence electrons. The lowest BCUT2D eigenvalue weighted by molar-refractivity contribution is 0.773. The number of aromatic nitrogens is 2. The number of imidazole rings is 1. The SMILES string of the molecule is Cc1cccc(Cn2cc(C)nc2NC(C)C)c1. The number of aryl methyl sites for hydroxylation is 2. The summed E-state index contributed by atoms with van der Waals surface area (Å²) in [5, 5.41) is 3.38. The Kier molecular flexibility index (Phi) is 3.70. The Morgan fingerprint density at radius 2 is 2.06 bits per heavy atom. The van der Waals surface area contributed by atoms with Crippen molar-refractivity contribution in [2.24, 2.45) is 0 Å². The van der Waals surface area contributed by atoms with Crippen molar-refractivity contribution < 1.29 is 0 Å². The molecule has 0 unspecified atom stereocenters. The van der Waals surface area contributed by atoms with Crippen LogP contribution in [0.3, 0.4) is 0 Å². The van der Waals surface area contributed by atoms with Gasteiger partial charge in [0.15, 0.2) is 0 Å². The zero-order chi connectivity index (χ0) is 13.1. The summed E-state index contributed by atoms with van der Waals surface area (Å²) in [6.45, 7) is 9.26. The van der Waals surface area contributed by atoms with Gasteiger partial charge in [-0.3, -0.25) is 0 Å². The summed E-state index contributed by atoms with van der Waals surface area (Å²) in [5.74, 6) is 0.948. The van der Waals surface area contributed by atoms with Crippen molar-refractivity contribution in [2.45, 2.75) is 40.3 Å². The first-order valence-corrected chi connectivity index (χ1v) is 6.40. The fourth-order valence-corrected chi connectivity index (χ4v) is 2.05. The highest BCUT2D eigenvalue weighted by Crippen LogP contribution is 2.13. The van der Waals surface area contributed by atoms with Gasteiger partial charge in [0.1, 0.15) is 0 Å². The van der Waals surface area contributed by atoms with Gasteiger partial charge in [-0.05, 0) is 33.3 Å². The highest BCUT2D eigenvalue weighted by Gasteiger charge is 2.07. The van der Waals surface area contributed by atoms with Crippen molar-refractivity contribution in [2.75, 3.05) is 5.32 Å². The topological polar surface area (TPSA) is 29.9 Å². The molecule has 0 saturated carbocycles. The van der Waals surface area contributed by atoms with Crippen LogP contribution in [-0.2, 0) is 6.54 Å². The Bertz CT molecular complexity index is 526. The second-order valence-electron chi connectivity index (χ2n) is 5.12. The molecule has 0 saturated heterocycles. The van der Waals surface area contributed by atoms with E-state index in [1.165, 1.54) is 11.1 Å². The maximum absolute atomic E-state index is 4.52. The summed E-state index contributed by atoms with van der Waals surface area (Å²) in [4.78, 5) is 4.52. The predicted octanol–water partition coefficient (Wildman–Crippen LogP) is 3.37. The van der Waals surface area contributed by atoms with Crippen LogP contribution >= 0.6 is 0 Å². The molecular formula is C15H21N3. The largest absolute Gasteiger partial charge is 0.353 e. The summed E-state index contributed by atoms with van der Waals surface area (Å²) in [6, 6.07) is 8.98. The maximum Gasteiger partial charge on any atom is 0.203 e. The molecule has 1 aromatic carbocycles. The standard InChI is InChI=1S/C15H21N3/c1-11(2)16-15-17-13(4)9-18(15)10-14-7-5-6-12(3)8-14/h5-9,11H,10H2,1-4H3,(H,16,17). The zero-order valence-corrected chi connectivity index (χ0v) is 11.6. The Morgan fingerprint density at radius 3 is 2.72 bits per heavy atom. The third-order valence-corrected chi connectivity index (χ3v) is 2.75. The van der Waals surface area contributed by atoms with Gasteiger partial charge in [0.2, 0.25) is 5.95 Å². The van der Waals surface area contributed by atoms with E-state index in [0.29, 0.717) is 6.04 Å². The monoisotopic (exact) mass is 243 g/mol. The molecule has 2 rings (SSSR count). The van der Waals surface area contributed by atoms with Crippen LogP contribution < -0.4 is 5.32 Å². The third kappa shape index (κ3) is 3.13. The lowest BCUT2D eigenvalue weighted by atomic mass is 10.1. The normalized spacial score (nSPS) is 10.9. The van der Waals surface area contributed by atoms with E-state index in [2.05, 4.69) is 66.1 Å². The minimum Gasteiger partial charge on any atom is -0.353 e. The molecule has 1 aromatic heterocycles. The first-order valence-electron chi connectivity index (χ1n) is 6.40. The van der Waals surface area contributed by atoms with Crippen LogP contribution in [0.5, 0.6) is 0 Å². The van der Waals surface area contributed by atoms with Crippen LogP contribution in [0.2, 0.25) is 0 Å². The summed E-state index contributed by atoms with van der Waals surface area (Å²) in [7, 11) is 0. The molecule has 1 N–H and O–H groups in total. The average Bonchev–Trinajstić information content (AvgIpc) is 2.58. The van der Waals surface area contributed by atoms with E-state index in [0.717, 1.165) is 18.2 Å². The number of rotatable bonds is 4. The Balaban J connectivity index is 2.23. The Hall–Kier alpha value is -1.77. The maximum atomic E-state index is 4.52. The second-order valence-corrected chi connectivity index (χ2v) is 5.12. The molecule has 18 heavy (non-hydrogen) atoms. The van der Waals surface area contributed by atoms with Crippen LogP contribution in [-0.4, -0.2) is 15.6 Å². The van der Waals surface area contributed by atoms with Crippen molar-refractivity contribution in [1.82, 2.24) is 9.55 Å². The van der Waals surface area contributed by atoms with Gasteiger partial charge in [0, 0.05) is 12.2 Å². The van der Waals surface area contributed by atoms with E-state index in [1.54, 1.807) is 0 Å². The minimum atomic E-state index is 0.392. The number of benzene rings is 1. The van der Waals surface area contributed by atoms with Gasteiger partial charge >= 0.3 is 0 Å². The van der Waals surface area contributed by atoms with Crippen LogP contribution in [0.15, 0.2) is 30.5 Å². The second kappa shape index (κ2) is 5.25. The molecule has 3 nitrogen and oxygen atoms in total. The minimum absolute atomic E-state index is 0.392. The highest BCUT2D eigenvalue weighted by molar-refractivity contribution is 5.32. The molecule has 0 amide bonds. The van der Waals surface area contributed by atoms with Crippen molar-refractivity contribution in [3.63, 3.8) is 0 Å². The van der Waals surface area contributed by atoms with E-state index < -0.39 is 0 Å². The van der Waals surface area contributed by atoms with E-state index in [9.17, 15) is 0 Å². The molecule has 0 spiro atoms. The van der Waals surface area contributed by atoms with Gasteiger partial charge in [-0.2, -0.15) is 0 Å². The van der Waals surface area contributed by atoms with Gasteiger partial charge < -0.3 is 9.88 Å². The average molecular weight is 243 g/mol. The van der Waals surface area contributed by atoms with Crippen molar-refractivity contribution in [3.8, 4) is 0 Å². The quantitative estimate of drug-likeness (QED) is 0.892. The predicted molar refractivity (Wildman–Crippen MR) is 76.0 cm³/mol. The Labute approximate surface area is 109 Å². The molecule has 0 radical (unpaired) electrons. The molecule has 3 heteroatoms. The Morgan fingerprint density at radius 1 is 1.28 bits per heavy atom. The van der Waals surface area contributed by atoms with Gasteiger partial charge in [-0.1, -0.05) is 29.8 Å². The summed E-state index contributed by atoms with van der Waals surface area (Å²) < 4.78 is 2.17. The third-order valence-electron chi connectivity index (χ3n) is 2.75. The zero-order valence-electron chi connectivity index (χ0n) is 11.6. The smallest absolute Gasteiger partial charge is 0.203 e. The van der Waals surface area contributed by atoms with Gasteiger partial charge in [-0.15, -0.1) is 0 Å². The molecule has 0 aliphatic heterocycles. The van der Waals surface area contributed by atoms with E-state index in [-0.39, 0.29) is 0 Å². The summed E-state index contributed by atoms with van der Waals surface area (Å²) >= 11 is 0. The van der Waals surface area contributed by atoms with Crippen molar-refractivity contribution in [1.29, 1.82) is 0 Å². The van der Waals surface area contributed by atoms with Gasteiger partial charge in [0.05, 0.1) is 12.2 Å². The van der Waals surface area contributed by atoms with E-state index in [4.69, 9.17) is 0 Å². The first-order chi connectivity index (χ1) is 8.54. The molecule has 2 aromatic rings. The van der Waals surface area contributed by atoms with Crippen LogP contribution in [0, 0.1) is 13.8 Å². The molecule has 0 aliphatic rings. The number of nitrogens with zero attached hydrogens (tertiary/aromatic N) is 2. The summed E-state index contributed by atoms with van der Waals surface area (Å²) in [6.07, 6.45) is 2.09. The highest BCUT2D eigenvalue weighted by atomic mass is 15.2.